The highest BCUT2D eigenvalue weighted by molar-refractivity contribution is 14.0. The Labute approximate surface area is 166 Å². The molecule has 0 radical (unpaired) electrons. The highest BCUT2D eigenvalue weighted by Crippen LogP contribution is 2.23. The van der Waals surface area contributed by atoms with Crippen molar-refractivity contribution >= 4 is 29.9 Å². The van der Waals surface area contributed by atoms with E-state index >= 15 is 0 Å². The number of nitrogens with one attached hydrogen (secondary N) is 2. The quantitative estimate of drug-likeness (QED) is 0.423. The third-order valence-corrected chi connectivity index (χ3v) is 4.62. The van der Waals surface area contributed by atoms with Gasteiger partial charge in [-0.3, -0.25) is 9.56 Å². The Morgan fingerprint density at radius 1 is 1.28 bits per heavy atom. The van der Waals surface area contributed by atoms with Gasteiger partial charge in [-0.25, -0.2) is 9.97 Å². The van der Waals surface area contributed by atoms with Crippen molar-refractivity contribution in [2.45, 2.75) is 45.2 Å². The molecule has 0 saturated heterocycles. The average molecular weight is 454 g/mol. The number of aromatic nitrogens is 3. The van der Waals surface area contributed by atoms with Gasteiger partial charge in [0.15, 0.2) is 5.96 Å². The smallest absolute Gasteiger partial charge is 0.191 e. The molecule has 1 aliphatic rings. The first-order valence-electron chi connectivity index (χ1n) is 8.65. The van der Waals surface area contributed by atoms with Gasteiger partial charge in [0.1, 0.15) is 12.1 Å². The van der Waals surface area contributed by atoms with Crippen molar-refractivity contribution in [1.29, 1.82) is 0 Å². The first-order chi connectivity index (χ1) is 11.7. The van der Waals surface area contributed by atoms with Crippen LogP contribution in [-0.4, -0.2) is 33.6 Å². The molecule has 0 aliphatic heterocycles. The third-order valence-electron chi connectivity index (χ3n) is 4.62. The Morgan fingerprint density at radius 2 is 2.08 bits per heavy atom. The molecule has 0 aromatic carbocycles. The van der Waals surface area contributed by atoms with Crippen molar-refractivity contribution in [1.82, 2.24) is 25.2 Å². The number of imidazole rings is 1. The summed E-state index contributed by atoms with van der Waals surface area (Å²) in [6, 6.07) is 4.61. The molecular weight excluding hydrogens is 427 g/mol. The van der Waals surface area contributed by atoms with Gasteiger partial charge in [0.05, 0.1) is 0 Å². The van der Waals surface area contributed by atoms with Gasteiger partial charge in [0.2, 0.25) is 0 Å². The monoisotopic (exact) mass is 454 g/mol. The summed E-state index contributed by atoms with van der Waals surface area (Å²) < 4.78 is 1.90. The van der Waals surface area contributed by atoms with Crippen LogP contribution in [0.1, 0.15) is 38.2 Å². The molecule has 2 N–H and O–H groups in total. The van der Waals surface area contributed by atoms with E-state index in [2.05, 4.69) is 38.6 Å². The number of aliphatic imine (C=N–C) groups is 1. The Kier molecular flexibility index (Phi) is 7.67. The summed E-state index contributed by atoms with van der Waals surface area (Å²) in [5.74, 6) is 2.60. The van der Waals surface area contributed by atoms with Crippen molar-refractivity contribution in [3.63, 3.8) is 0 Å². The summed E-state index contributed by atoms with van der Waals surface area (Å²) >= 11 is 0. The molecule has 0 atom stereocenters. The van der Waals surface area contributed by atoms with Crippen LogP contribution in [0.2, 0.25) is 0 Å². The summed E-state index contributed by atoms with van der Waals surface area (Å²) in [4.78, 5) is 12.8. The molecule has 136 valence electrons. The number of guanidine groups is 1. The fraction of sp³-hybridized carbons (Fsp3) is 0.500. The van der Waals surface area contributed by atoms with Crippen molar-refractivity contribution in [2.24, 2.45) is 10.9 Å². The summed E-state index contributed by atoms with van der Waals surface area (Å²) in [5.41, 5.74) is 1.16. The third kappa shape index (κ3) is 5.69. The molecule has 3 rings (SSSR count). The summed E-state index contributed by atoms with van der Waals surface area (Å²) in [7, 11) is 1.82. The number of nitrogens with zero attached hydrogens (tertiary/aromatic N) is 4. The maximum atomic E-state index is 4.38. The van der Waals surface area contributed by atoms with Gasteiger partial charge in [0.25, 0.3) is 0 Å². The lowest BCUT2D eigenvalue weighted by Gasteiger charge is -2.28. The molecule has 0 unspecified atom stereocenters. The molecular formula is C18H27IN6. The van der Waals surface area contributed by atoms with Crippen LogP contribution in [0.25, 0.3) is 5.82 Å². The lowest BCUT2D eigenvalue weighted by molar-refractivity contribution is 0.329. The number of rotatable bonds is 4. The van der Waals surface area contributed by atoms with Crippen LogP contribution in [0.15, 0.2) is 42.0 Å². The first-order valence-corrected chi connectivity index (χ1v) is 8.65. The minimum Gasteiger partial charge on any atom is -0.354 e. The molecule has 1 aliphatic carbocycles. The van der Waals surface area contributed by atoms with Gasteiger partial charge in [-0.15, -0.1) is 24.0 Å². The summed E-state index contributed by atoms with van der Waals surface area (Å²) in [6.07, 6.45) is 12.3. The number of pyridine rings is 1. The first kappa shape index (κ1) is 19.7. The zero-order valence-electron chi connectivity index (χ0n) is 14.9. The maximum absolute atomic E-state index is 4.38. The van der Waals surface area contributed by atoms with Crippen LogP contribution in [-0.2, 0) is 6.54 Å². The molecule has 25 heavy (non-hydrogen) atoms. The van der Waals surface area contributed by atoms with Crippen LogP contribution in [0.3, 0.4) is 0 Å². The van der Waals surface area contributed by atoms with Gasteiger partial charge in [0, 0.05) is 38.2 Å². The van der Waals surface area contributed by atoms with E-state index < -0.39 is 0 Å². The predicted octanol–water partition coefficient (Wildman–Crippen LogP) is 3.13. The van der Waals surface area contributed by atoms with E-state index in [1.54, 1.807) is 12.5 Å². The van der Waals surface area contributed by atoms with Gasteiger partial charge < -0.3 is 10.6 Å². The molecule has 7 heteroatoms. The average Bonchev–Trinajstić information content (AvgIpc) is 3.15. The molecule has 2 aromatic rings. The van der Waals surface area contributed by atoms with Crippen LogP contribution < -0.4 is 10.6 Å². The number of halogens is 1. The highest BCUT2D eigenvalue weighted by atomic mass is 127. The maximum Gasteiger partial charge on any atom is 0.191 e. The van der Waals surface area contributed by atoms with Gasteiger partial charge in [-0.05, 0) is 49.3 Å². The van der Waals surface area contributed by atoms with Crippen LogP contribution in [0.5, 0.6) is 0 Å². The van der Waals surface area contributed by atoms with Crippen LogP contribution >= 0.6 is 24.0 Å². The van der Waals surface area contributed by atoms with E-state index in [1.807, 2.05) is 30.1 Å². The largest absolute Gasteiger partial charge is 0.354 e. The zero-order chi connectivity index (χ0) is 16.8. The van der Waals surface area contributed by atoms with Crippen molar-refractivity contribution in [3.8, 4) is 5.82 Å². The van der Waals surface area contributed by atoms with E-state index in [-0.39, 0.29) is 24.0 Å². The minimum absolute atomic E-state index is 0. The van der Waals surface area contributed by atoms with E-state index in [9.17, 15) is 0 Å². The fourth-order valence-corrected chi connectivity index (χ4v) is 3.08. The molecule has 0 bridgehead atoms. The van der Waals surface area contributed by atoms with Crippen molar-refractivity contribution < 1.29 is 0 Å². The normalized spacial score (nSPS) is 20.6. The van der Waals surface area contributed by atoms with E-state index in [0.29, 0.717) is 12.6 Å². The molecule has 6 nitrogen and oxygen atoms in total. The standard InChI is InChI=1S/C18H26N6.HI/c1-14-3-5-16(6-4-14)23-18(19-2)22-12-15-7-8-21-17(11-15)24-10-9-20-13-24;/h7-11,13-14,16H,3-6,12H2,1-2H3,(H2,19,22,23);1H. The topological polar surface area (TPSA) is 67.1 Å². The Balaban J connectivity index is 0.00000225. The zero-order valence-corrected chi connectivity index (χ0v) is 17.2. The van der Waals surface area contributed by atoms with Crippen molar-refractivity contribution in [2.75, 3.05) is 7.05 Å². The Morgan fingerprint density at radius 3 is 2.76 bits per heavy atom. The van der Waals surface area contributed by atoms with Crippen molar-refractivity contribution in [3.05, 3.63) is 42.6 Å². The molecule has 0 amide bonds. The van der Waals surface area contributed by atoms with Gasteiger partial charge in [-0.2, -0.15) is 0 Å². The molecule has 1 fully saturated rings. The lowest BCUT2D eigenvalue weighted by atomic mass is 9.87. The Bertz CT molecular complexity index is 662. The minimum atomic E-state index is 0. The highest BCUT2D eigenvalue weighted by Gasteiger charge is 2.18. The second-order valence-corrected chi connectivity index (χ2v) is 6.52. The molecule has 1 saturated carbocycles. The van der Waals surface area contributed by atoms with Gasteiger partial charge in [-0.1, -0.05) is 6.92 Å². The SMILES string of the molecule is CN=C(NCc1ccnc(-n2ccnc2)c1)NC1CCC(C)CC1.I. The fourth-order valence-electron chi connectivity index (χ4n) is 3.08. The number of hydrogen-bond acceptors (Lipinski definition) is 3. The van der Waals surface area contributed by atoms with E-state index in [0.717, 1.165) is 23.3 Å². The van der Waals surface area contributed by atoms with Crippen LogP contribution in [0, 0.1) is 5.92 Å². The second kappa shape index (κ2) is 9.74. The van der Waals surface area contributed by atoms with Crippen LogP contribution in [0.4, 0.5) is 0 Å². The van der Waals surface area contributed by atoms with E-state index in [1.165, 1.54) is 25.7 Å². The molecule has 2 heterocycles. The van der Waals surface area contributed by atoms with Gasteiger partial charge >= 0.3 is 0 Å². The number of hydrogen-bond donors (Lipinski definition) is 2. The lowest BCUT2D eigenvalue weighted by Crippen LogP contribution is -2.44. The summed E-state index contributed by atoms with van der Waals surface area (Å²) in [5, 5.41) is 6.95. The van der Waals surface area contributed by atoms with E-state index in [4.69, 9.17) is 0 Å². The predicted molar refractivity (Wildman–Crippen MR) is 112 cm³/mol. The molecule has 2 aromatic heterocycles. The summed E-state index contributed by atoms with van der Waals surface area (Å²) in [6.45, 7) is 3.05. The second-order valence-electron chi connectivity index (χ2n) is 6.52. The molecule has 0 spiro atoms. The Hall–Kier alpha value is -1.64.